The lowest BCUT2D eigenvalue weighted by Crippen LogP contribution is -2.25. The summed E-state index contributed by atoms with van der Waals surface area (Å²) in [5, 5.41) is 3.07. The zero-order valence-corrected chi connectivity index (χ0v) is 14.2. The van der Waals surface area contributed by atoms with Gasteiger partial charge >= 0.3 is 6.09 Å². The fourth-order valence-electron chi connectivity index (χ4n) is 2.42. The normalized spacial score (nSPS) is 10.4. The van der Waals surface area contributed by atoms with Crippen LogP contribution in [0.4, 0.5) is 16.2 Å². The Hall–Kier alpha value is -3.61. The summed E-state index contributed by atoms with van der Waals surface area (Å²) >= 11 is 0. The molecule has 2 amide bonds. The smallest absolute Gasteiger partial charge is 0.413 e. The second-order valence-corrected chi connectivity index (χ2v) is 5.50. The summed E-state index contributed by atoms with van der Waals surface area (Å²) in [5.74, 6) is -0.619. The monoisotopic (exact) mass is 352 g/mol. The number of fused-ring (bicyclic) bond motifs is 1. The van der Waals surface area contributed by atoms with E-state index in [1.54, 1.807) is 55.6 Å². The number of nitrogens with one attached hydrogen (secondary N) is 1. The average Bonchev–Trinajstić information content (AvgIpc) is 2.67. The number of amides is 2. The third-order valence-electron chi connectivity index (χ3n) is 3.82. The van der Waals surface area contributed by atoms with Gasteiger partial charge in [0.15, 0.2) is 11.2 Å². The number of carbonyl (C=O) groups is 2. The number of hydrogen-bond donors (Lipinski definition) is 1. The maximum Gasteiger partial charge on any atom is 0.413 e. The van der Waals surface area contributed by atoms with E-state index in [0.29, 0.717) is 22.3 Å². The van der Waals surface area contributed by atoms with Crippen LogP contribution in [0.15, 0.2) is 63.8 Å². The molecule has 0 aliphatic rings. The first-order valence-corrected chi connectivity index (χ1v) is 7.75. The maximum absolute atomic E-state index is 12.4. The van der Waals surface area contributed by atoms with Crippen LogP contribution in [0.2, 0.25) is 0 Å². The van der Waals surface area contributed by atoms with Crippen LogP contribution in [0.25, 0.3) is 11.0 Å². The molecule has 2 aromatic carbocycles. The van der Waals surface area contributed by atoms with Gasteiger partial charge in [-0.1, -0.05) is 12.1 Å². The highest BCUT2D eigenvalue weighted by atomic mass is 16.5. The van der Waals surface area contributed by atoms with Crippen molar-refractivity contribution in [1.82, 2.24) is 0 Å². The van der Waals surface area contributed by atoms with Crippen molar-refractivity contribution in [1.29, 1.82) is 0 Å². The van der Waals surface area contributed by atoms with Crippen LogP contribution in [0.1, 0.15) is 10.6 Å². The molecule has 3 rings (SSSR count). The van der Waals surface area contributed by atoms with Crippen molar-refractivity contribution in [3.05, 3.63) is 70.6 Å². The van der Waals surface area contributed by atoms with Crippen molar-refractivity contribution in [2.24, 2.45) is 0 Å². The van der Waals surface area contributed by atoms with Crippen LogP contribution < -0.4 is 15.6 Å². The van der Waals surface area contributed by atoms with Gasteiger partial charge in [0, 0.05) is 24.5 Å². The average molecular weight is 352 g/mol. The van der Waals surface area contributed by atoms with Gasteiger partial charge in [-0.25, -0.2) is 4.79 Å². The molecule has 0 aliphatic carbocycles. The minimum absolute atomic E-state index is 0.0792. The number of anilines is 2. The molecule has 0 unspecified atom stereocenters. The minimum Gasteiger partial charge on any atom is -0.452 e. The number of methoxy groups -OCH3 is 1. The van der Waals surface area contributed by atoms with Crippen molar-refractivity contribution in [2.75, 3.05) is 24.4 Å². The molecular formula is C19H16N2O5. The van der Waals surface area contributed by atoms with Crippen LogP contribution in [0.5, 0.6) is 0 Å². The van der Waals surface area contributed by atoms with Gasteiger partial charge in [-0.3, -0.25) is 14.5 Å². The van der Waals surface area contributed by atoms with Gasteiger partial charge < -0.3 is 14.5 Å². The summed E-state index contributed by atoms with van der Waals surface area (Å²) < 4.78 is 10.1. The topological polar surface area (TPSA) is 88.9 Å². The summed E-state index contributed by atoms with van der Waals surface area (Å²) in [4.78, 5) is 37.3. The quantitative estimate of drug-likeness (QED) is 0.782. The molecule has 1 aromatic heterocycles. The molecule has 3 aromatic rings. The molecule has 132 valence electrons. The lowest BCUT2D eigenvalue weighted by atomic mass is 10.2. The molecule has 26 heavy (non-hydrogen) atoms. The summed E-state index contributed by atoms with van der Waals surface area (Å²) in [5.41, 5.74) is 1.16. The van der Waals surface area contributed by atoms with E-state index < -0.39 is 12.0 Å². The number of benzene rings is 2. The first-order valence-electron chi connectivity index (χ1n) is 7.75. The third kappa shape index (κ3) is 3.41. The molecule has 0 radical (unpaired) electrons. The van der Waals surface area contributed by atoms with Crippen molar-refractivity contribution in [2.45, 2.75) is 0 Å². The number of carbonyl (C=O) groups excluding carboxylic acids is 2. The lowest BCUT2D eigenvalue weighted by molar-refractivity contribution is 0.0997. The zero-order chi connectivity index (χ0) is 18.7. The Kier molecular flexibility index (Phi) is 4.70. The molecule has 0 aliphatic heterocycles. The molecule has 0 spiro atoms. The molecule has 7 heteroatoms. The van der Waals surface area contributed by atoms with E-state index >= 15 is 0 Å². The van der Waals surface area contributed by atoms with Crippen molar-refractivity contribution in [3.63, 3.8) is 0 Å². The van der Waals surface area contributed by atoms with Crippen LogP contribution in [0, 0.1) is 0 Å². The maximum atomic E-state index is 12.4. The molecule has 0 fully saturated rings. The Morgan fingerprint density at radius 3 is 2.46 bits per heavy atom. The highest BCUT2D eigenvalue weighted by Crippen LogP contribution is 2.19. The Balaban J connectivity index is 1.80. The molecule has 0 saturated carbocycles. The second-order valence-electron chi connectivity index (χ2n) is 5.50. The summed E-state index contributed by atoms with van der Waals surface area (Å²) in [6.07, 6.45) is -0.500. The Labute approximate surface area is 148 Å². The van der Waals surface area contributed by atoms with Crippen molar-refractivity contribution < 1.29 is 18.7 Å². The molecule has 7 nitrogen and oxygen atoms in total. The Morgan fingerprint density at radius 2 is 1.77 bits per heavy atom. The van der Waals surface area contributed by atoms with E-state index in [2.05, 4.69) is 10.1 Å². The van der Waals surface area contributed by atoms with Crippen molar-refractivity contribution >= 4 is 34.3 Å². The van der Waals surface area contributed by atoms with Gasteiger partial charge in [0.2, 0.25) is 0 Å². The first kappa shape index (κ1) is 17.2. The van der Waals surface area contributed by atoms with Crippen molar-refractivity contribution in [3.8, 4) is 0 Å². The predicted octanol–water partition coefficient (Wildman–Crippen LogP) is 3.25. The largest absolute Gasteiger partial charge is 0.452 e. The molecule has 1 heterocycles. The van der Waals surface area contributed by atoms with Crippen LogP contribution in [-0.2, 0) is 4.74 Å². The highest BCUT2D eigenvalue weighted by Gasteiger charge is 2.14. The minimum atomic E-state index is -0.540. The number of ether oxygens (including phenoxy) is 1. The van der Waals surface area contributed by atoms with Gasteiger partial charge in [-0.15, -0.1) is 0 Å². The predicted molar refractivity (Wildman–Crippen MR) is 97.7 cm³/mol. The fourth-order valence-corrected chi connectivity index (χ4v) is 2.42. The second kappa shape index (κ2) is 7.10. The van der Waals surface area contributed by atoms with E-state index in [4.69, 9.17) is 4.42 Å². The van der Waals surface area contributed by atoms with E-state index in [1.807, 2.05) is 0 Å². The lowest BCUT2D eigenvalue weighted by Gasteiger charge is -2.15. The van der Waals surface area contributed by atoms with Gasteiger partial charge in [0.25, 0.3) is 5.91 Å². The highest BCUT2D eigenvalue weighted by molar-refractivity contribution is 6.03. The fraction of sp³-hybridized carbons (Fsp3) is 0.105. The molecular weight excluding hydrogens is 336 g/mol. The van der Waals surface area contributed by atoms with Gasteiger partial charge in [-0.2, -0.15) is 0 Å². The molecule has 0 atom stereocenters. The third-order valence-corrected chi connectivity index (χ3v) is 3.82. The van der Waals surface area contributed by atoms with E-state index in [1.165, 1.54) is 12.0 Å². The number of nitrogens with zero attached hydrogens (tertiary/aromatic N) is 1. The number of para-hydroxylation sites is 1. The summed E-state index contributed by atoms with van der Waals surface area (Å²) in [6, 6.07) is 14.5. The SMILES string of the molecule is COC(=O)N(C)c1ccc(NC(=O)c2cc(=O)c3ccccc3o2)cc1. The van der Waals surface area contributed by atoms with E-state index in [0.717, 1.165) is 6.07 Å². The number of rotatable bonds is 3. The summed E-state index contributed by atoms with van der Waals surface area (Å²) in [6.45, 7) is 0. The molecule has 1 N–H and O–H groups in total. The standard InChI is InChI=1S/C19H16N2O5/c1-21(19(24)25-2)13-9-7-12(8-10-13)20-18(23)17-11-15(22)14-5-3-4-6-16(14)26-17/h3-11H,1-2H3,(H,20,23). The Bertz CT molecular complexity index is 1020. The number of hydrogen-bond acceptors (Lipinski definition) is 5. The van der Waals surface area contributed by atoms with Crippen LogP contribution >= 0.6 is 0 Å². The first-order chi connectivity index (χ1) is 12.5. The molecule has 0 saturated heterocycles. The zero-order valence-electron chi connectivity index (χ0n) is 14.2. The van der Waals surface area contributed by atoms with E-state index in [9.17, 15) is 14.4 Å². The molecule has 0 bridgehead atoms. The van der Waals surface area contributed by atoms with Crippen LogP contribution in [0.3, 0.4) is 0 Å². The Morgan fingerprint density at radius 1 is 1.08 bits per heavy atom. The van der Waals surface area contributed by atoms with Gasteiger partial charge in [-0.05, 0) is 36.4 Å². The van der Waals surface area contributed by atoms with Gasteiger partial charge in [0.1, 0.15) is 5.58 Å². The summed E-state index contributed by atoms with van der Waals surface area (Å²) in [7, 11) is 2.87. The van der Waals surface area contributed by atoms with Gasteiger partial charge in [0.05, 0.1) is 12.5 Å². The van der Waals surface area contributed by atoms with E-state index in [-0.39, 0.29) is 11.2 Å². The van der Waals surface area contributed by atoms with Crippen LogP contribution in [-0.4, -0.2) is 26.2 Å².